The number of nitrogens with one attached hydrogen (secondary N) is 2. The van der Waals surface area contributed by atoms with Crippen molar-refractivity contribution in [2.45, 2.75) is 25.3 Å². The molecule has 0 saturated carbocycles. The van der Waals surface area contributed by atoms with Crippen LogP contribution in [0.5, 0.6) is 0 Å². The molecule has 1 aliphatic heterocycles. The Hall–Kier alpha value is -3.29. The zero-order valence-corrected chi connectivity index (χ0v) is 14.5. The molecule has 1 aliphatic rings. The molecule has 1 fully saturated rings. The number of halogens is 2. The lowest BCUT2D eigenvalue weighted by molar-refractivity contribution is -0.132. The van der Waals surface area contributed by atoms with Crippen molar-refractivity contribution in [2.24, 2.45) is 0 Å². The fraction of sp³-hybridized carbons (Fsp3) is 0.211. The molecule has 6 nitrogen and oxygen atoms in total. The minimum absolute atomic E-state index is 0.308. The molecular formula is C19H17F2N3O3. The van der Waals surface area contributed by atoms with Gasteiger partial charge in [-0.3, -0.25) is 15.0 Å². The van der Waals surface area contributed by atoms with Crippen LogP contribution in [0.25, 0.3) is 0 Å². The van der Waals surface area contributed by atoms with Crippen LogP contribution in [0.1, 0.15) is 29.3 Å². The van der Waals surface area contributed by atoms with E-state index in [-0.39, 0.29) is 0 Å². The van der Waals surface area contributed by atoms with Crippen LogP contribution in [0.3, 0.4) is 0 Å². The first-order valence-electron chi connectivity index (χ1n) is 8.27. The quantitative estimate of drug-likeness (QED) is 0.791. The maximum Gasteiger partial charge on any atom is 0.344 e. The molecule has 2 aromatic carbocycles. The Bertz CT molecular complexity index is 904. The van der Waals surface area contributed by atoms with Crippen molar-refractivity contribution in [1.29, 1.82) is 0 Å². The molecular weight excluding hydrogens is 356 g/mol. The fourth-order valence-electron chi connectivity index (χ4n) is 2.83. The van der Waals surface area contributed by atoms with Gasteiger partial charge in [0, 0.05) is 0 Å². The van der Waals surface area contributed by atoms with Crippen LogP contribution in [-0.2, 0) is 11.2 Å². The number of carbonyl (C=O) groups is 3. The number of aryl methyl sites for hydroxylation is 1. The predicted octanol–water partition coefficient (Wildman–Crippen LogP) is 2.55. The molecule has 0 aromatic heterocycles. The summed E-state index contributed by atoms with van der Waals surface area (Å²) in [5, 5.41) is 3.04. The van der Waals surface area contributed by atoms with Gasteiger partial charge in [0.15, 0.2) is 0 Å². The van der Waals surface area contributed by atoms with E-state index in [9.17, 15) is 23.2 Å². The monoisotopic (exact) mass is 373 g/mol. The topological polar surface area (TPSA) is 78.5 Å². The number of imide groups is 1. The first-order valence-corrected chi connectivity index (χ1v) is 8.27. The van der Waals surface area contributed by atoms with Crippen molar-refractivity contribution in [1.82, 2.24) is 15.8 Å². The minimum Gasteiger partial charge on any atom is -0.322 e. The molecule has 0 bridgehead atoms. The van der Waals surface area contributed by atoms with Gasteiger partial charge in [-0.05, 0) is 43.5 Å². The summed E-state index contributed by atoms with van der Waals surface area (Å²) in [7, 11) is 0. The van der Waals surface area contributed by atoms with Crippen LogP contribution < -0.4 is 10.7 Å². The third-order valence-corrected chi connectivity index (χ3v) is 4.40. The van der Waals surface area contributed by atoms with Crippen molar-refractivity contribution in [3.63, 3.8) is 0 Å². The maximum atomic E-state index is 13.7. The van der Waals surface area contributed by atoms with E-state index in [0.29, 0.717) is 23.9 Å². The predicted molar refractivity (Wildman–Crippen MR) is 92.4 cm³/mol. The maximum absolute atomic E-state index is 13.7. The largest absolute Gasteiger partial charge is 0.344 e. The lowest BCUT2D eigenvalue weighted by atomic mass is 9.93. The van der Waals surface area contributed by atoms with Crippen LogP contribution in [0.15, 0.2) is 48.5 Å². The Morgan fingerprint density at radius 1 is 1.15 bits per heavy atom. The molecule has 8 heteroatoms. The van der Waals surface area contributed by atoms with Crippen LogP contribution >= 0.6 is 0 Å². The van der Waals surface area contributed by atoms with E-state index < -0.39 is 40.6 Å². The number of hydrogen-bond acceptors (Lipinski definition) is 3. The van der Waals surface area contributed by atoms with E-state index in [1.54, 1.807) is 6.92 Å². The highest BCUT2D eigenvalue weighted by Gasteiger charge is 2.48. The lowest BCUT2D eigenvalue weighted by Gasteiger charge is -2.21. The average Bonchev–Trinajstić information content (AvgIpc) is 2.86. The molecule has 0 radical (unpaired) electrons. The molecule has 27 heavy (non-hydrogen) atoms. The summed E-state index contributed by atoms with van der Waals surface area (Å²) in [5.74, 6) is -3.55. The van der Waals surface area contributed by atoms with Gasteiger partial charge in [0.2, 0.25) is 0 Å². The van der Waals surface area contributed by atoms with Gasteiger partial charge in [-0.2, -0.15) is 5.01 Å². The number of nitrogens with zero attached hydrogens (tertiary/aromatic N) is 1. The van der Waals surface area contributed by atoms with Gasteiger partial charge >= 0.3 is 6.03 Å². The number of amides is 4. The van der Waals surface area contributed by atoms with E-state index in [1.807, 2.05) is 35.8 Å². The Balaban J connectivity index is 1.72. The zero-order chi connectivity index (χ0) is 19.6. The number of urea groups is 1. The van der Waals surface area contributed by atoms with Crippen molar-refractivity contribution in [3.05, 3.63) is 71.3 Å². The summed E-state index contributed by atoms with van der Waals surface area (Å²) in [4.78, 5) is 36.9. The highest BCUT2D eigenvalue weighted by molar-refractivity contribution is 6.09. The summed E-state index contributed by atoms with van der Waals surface area (Å²) >= 11 is 0. The van der Waals surface area contributed by atoms with E-state index in [2.05, 4.69) is 5.32 Å². The number of benzene rings is 2. The second kappa shape index (κ2) is 7.14. The molecule has 2 aromatic rings. The molecule has 1 unspecified atom stereocenters. The summed E-state index contributed by atoms with van der Waals surface area (Å²) in [5.41, 5.74) is 1.21. The van der Waals surface area contributed by atoms with Gasteiger partial charge in [-0.15, -0.1) is 0 Å². The molecule has 2 N–H and O–H groups in total. The molecule has 0 spiro atoms. The standard InChI is InChI=1S/C19H17F2N3O3/c1-19(10-9-12-5-3-2-4-6-12)17(26)24(18(27)22-19)23-16(25)14-11-13(20)7-8-15(14)21/h2-8,11H,9-10H2,1H3,(H,22,27)(H,23,25). The van der Waals surface area contributed by atoms with Gasteiger partial charge < -0.3 is 5.32 Å². The minimum atomic E-state index is -1.22. The number of hydrazine groups is 1. The second-order valence-electron chi connectivity index (χ2n) is 6.45. The third-order valence-electron chi connectivity index (χ3n) is 4.40. The van der Waals surface area contributed by atoms with Gasteiger partial charge in [0.05, 0.1) is 5.56 Å². The third kappa shape index (κ3) is 3.79. The van der Waals surface area contributed by atoms with Crippen molar-refractivity contribution in [3.8, 4) is 0 Å². The molecule has 1 saturated heterocycles. The highest BCUT2D eigenvalue weighted by Crippen LogP contribution is 2.22. The van der Waals surface area contributed by atoms with Crippen LogP contribution in [-0.4, -0.2) is 28.4 Å². The smallest absolute Gasteiger partial charge is 0.322 e. The summed E-state index contributed by atoms with van der Waals surface area (Å²) in [6.45, 7) is 1.55. The van der Waals surface area contributed by atoms with E-state index in [1.165, 1.54) is 0 Å². The Labute approximate surface area is 154 Å². The summed E-state index contributed by atoms with van der Waals surface area (Å²) in [6, 6.07) is 10.9. The first kappa shape index (κ1) is 18.5. The van der Waals surface area contributed by atoms with Gasteiger partial charge in [-0.1, -0.05) is 30.3 Å². The molecule has 0 aliphatic carbocycles. The molecule has 1 heterocycles. The van der Waals surface area contributed by atoms with Crippen LogP contribution in [0.4, 0.5) is 13.6 Å². The van der Waals surface area contributed by atoms with Crippen molar-refractivity contribution in [2.75, 3.05) is 0 Å². The van der Waals surface area contributed by atoms with E-state index in [0.717, 1.165) is 17.7 Å². The number of rotatable bonds is 5. The van der Waals surface area contributed by atoms with Gasteiger partial charge in [-0.25, -0.2) is 13.6 Å². The van der Waals surface area contributed by atoms with Gasteiger partial charge in [0.1, 0.15) is 17.2 Å². The normalized spacial score (nSPS) is 19.1. The Morgan fingerprint density at radius 2 is 1.85 bits per heavy atom. The summed E-state index contributed by atoms with van der Waals surface area (Å²) < 4.78 is 27.0. The Morgan fingerprint density at radius 3 is 2.56 bits per heavy atom. The van der Waals surface area contributed by atoms with Gasteiger partial charge in [0.25, 0.3) is 11.8 Å². The number of carbonyl (C=O) groups excluding carboxylic acids is 3. The van der Waals surface area contributed by atoms with Crippen molar-refractivity contribution >= 4 is 17.8 Å². The molecule has 4 amide bonds. The van der Waals surface area contributed by atoms with Crippen LogP contribution in [0, 0.1) is 11.6 Å². The van der Waals surface area contributed by atoms with Crippen molar-refractivity contribution < 1.29 is 23.2 Å². The highest BCUT2D eigenvalue weighted by atomic mass is 19.1. The molecule has 140 valence electrons. The second-order valence-corrected chi connectivity index (χ2v) is 6.45. The average molecular weight is 373 g/mol. The fourth-order valence-corrected chi connectivity index (χ4v) is 2.83. The molecule has 1 atom stereocenters. The number of hydrogen-bond donors (Lipinski definition) is 2. The van der Waals surface area contributed by atoms with E-state index >= 15 is 0 Å². The zero-order valence-electron chi connectivity index (χ0n) is 14.5. The SMILES string of the molecule is CC1(CCc2ccccc2)NC(=O)N(NC(=O)c2cc(F)ccc2F)C1=O. The lowest BCUT2D eigenvalue weighted by Crippen LogP contribution is -2.49. The Kier molecular flexibility index (Phi) is 4.89. The summed E-state index contributed by atoms with van der Waals surface area (Å²) in [6.07, 6.45) is 0.839. The molecule has 3 rings (SSSR count). The first-order chi connectivity index (χ1) is 12.8. The van der Waals surface area contributed by atoms with Crippen LogP contribution in [0.2, 0.25) is 0 Å². The van der Waals surface area contributed by atoms with E-state index in [4.69, 9.17) is 0 Å².